The predicted octanol–water partition coefficient (Wildman–Crippen LogP) is 4.26. The Balaban J connectivity index is 1.78. The van der Waals surface area contributed by atoms with Crippen LogP contribution in [0.25, 0.3) is 0 Å². The number of hydrogen-bond acceptors (Lipinski definition) is 4. The van der Waals surface area contributed by atoms with Crippen molar-refractivity contribution in [2.75, 3.05) is 11.5 Å². The quantitative estimate of drug-likeness (QED) is 0.500. The fourth-order valence-electron chi connectivity index (χ4n) is 2.40. The summed E-state index contributed by atoms with van der Waals surface area (Å²) in [4.78, 5) is 30.2. The number of anilines is 2. The van der Waals surface area contributed by atoms with Crippen LogP contribution in [0, 0.1) is 0 Å². The largest absolute Gasteiger partial charge is 0.452 e. The first-order valence-corrected chi connectivity index (χ1v) is 8.25. The van der Waals surface area contributed by atoms with Crippen molar-refractivity contribution in [1.82, 2.24) is 4.98 Å². The van der Waals surface area contributed by atoms with Crippen molar-refractivity contribution in [2.45, 2.75) is 0 Å². The Hall–Kier alpha value is -3.18. The average Bonchev–Trinajstić information content (AvgIpc) is 2.68. The van der Waals surface area contributed by atoms with Crippen LogP contribution < -0.4 is 4.90 Å². The van der Waals surface area contributed by atoms with Crippen LogP contribution in [0.1, 0.15) is 10.4 Å². The molecule has 0 spiro atoms. The van der Waals surface area contributed by atoms with E-state index in [4.69, 9.17) is 16.3 Å². The molecule has 0 N–H and O–H groups in total. The molecule has 130 valence electrons. The van der Waals surface area contributed by atoms with E-state index in [9.17, 15) is 9.59 Å². The molecule has 26 heavy (non-hydrogen) atoms. The number of amides is 1. The molecule has 0 atom stereocenters. The molecule has 0 aliphatic rings. The summed E-state index contributed by atoms with van der Waals surface area (Å²) in [7, 11) is 0. The summed E-state index contributed by atoms with van der Waals surface area (Å²) in [5.41, 5.74) is 1.48. The van der Waals surface area contributed by atoms with Gasteiger partial charge in [0.2, 0.25) is 0 Å². The molecule has 6 heteroatoms. The van der Waals surface area contributed by atoms with Crippen LogP contribution in [-0.4, -0.2) is 23.5 Å². The number of ether oxygens (including phenoxy) is 1. The van der Waals surface area contributed by atoms with Gasteiger partial charge in [-0.15, -0.1) is 0 Å². The number of esters is 1. The number of carbonyl (C=O) groups excluding carboxylic acids is 2. The molecule has 3 aromatic rings. The SMILES string of the molecule is O=C(OCC(=O)N(c1ccccc1)c1ccccc1)c1cccnc1Cl. The van der Waals surface area contributed by atoms with Crippen LogP contribution >= 0.6 is 11.6 Å². The zero-order valence-electron chi connectivity index (χ0n) is 13.7. The highest BCUT2D eigenvalue weighted by Gasteiger charge is 2.20. The van der Waals surface area contributed by atoms with E-state index in [-0.39, 0.29) is 16.6 Å². The first kappa shape index (κ1) is 17.6. The molecule has 1 aromatic heterocycles. The maximum atomic E-state index is 12.8. The lowest BCUT2D eigenvalue weighted by Gasteiger charge is -2.22. The normalized spacial score (nSPS) is 10.2. The molecule has 0 bridgehead atoms. The predicted molar refractivity (Wildman–Crippen MR) is 99.6 cm³/mol. The smallest absolute Gasteiger partial charge is 0.341 e. The minimum Gasteiger partial charge on any atom is -0.452 e. The Morgan fingerprint density at radius 1 is 0.885 bits per heavy atom. The zero-order chi connectivity index (χ0) is 18.4. The summed E-state index contributed by atoms with van der Waals surface area (Å²) in [5.74, 6) is -1.08. The maximum Gasteiger partial charge on any atom is 0.341 e. The van der Waals surface area contributed by atoms with Crippen molar-refractivity contribution in [3.05, 3.63) is 89.7 Å². The number of pyridine rings is 1. The molecule has 5 nitrogen and oxygen atoms in total. The molecular weight excluding hydrogens is 352 g/mol. The van der Waals surface area contributed by atoms with Gasteiger partial charge in [0.25, 0.3) is 5.91 Å². The molecule has 0 saturated carbocycles. The highest BCUT2D eigenvalue weighted by molar-refractivity contribution is 6.32. The molecule has 0 aliphatic carbocycles. The third kappa shape index (κ3) is 4.07. The monoisotopic (exact) mass is 366 g/mol. The minimum absolute atomic E-state index is 0.0351. The van der Waals surface area contributed by atoms with E-state index in [2.05, 4.69) is 4.98 Å². The number of halogens is 1. The Morgan fingerprint density at radius 3 is 2.00 bits per heavy atom. The second-order valence-corrected chi connectivity index (χ2v) is 5.68. The van der Waals surface area contributed by atoms with Crippen LogP contribution in [0.5, 0.6) is 0 Å². The Morgan fingerprint density at radius 2 is 1.46 bits per heavy atom. The molecule has 1 amide bonds. The van der Waals surface area contributed by atoms with Crippen molar-refractivity contribution in [3.8, 4) is 0 Å². The van der Waals surface area contributed by atoms with Gasteiger partial charge < -0.3 is 4.74 Å². The third-order valence-corrected chi connectivity index (χ3v) is 3.89. The Kier molecular flexibility index (Phi) is 5.61. The van der Waals surface area contributed by atoms with Gasteiger partial charge in [-0.3, -0.25) is 9.69 Å². The molecule has 0 radical (unpaired) electrons. The number of rotatable bonds is 5. The molecule has 0 aliphatic heterocycles. The summed E-state index contributed by atoms with van der Waals surface area (Å²) in [5, 5.41) is 0.0351. The highest BCUT2D eigenvalue weighted by Crippen LogP contribution is 2.25. The topological polar surface area (TPSA) is 59.5 Å². The lowest BCUT2D eigenvalue weighted by molar-refractivity contribution is -0.120. The number of para-hydroxylation sites is 2. The van der Waals surface area contributed by atoms with Gasteiger partial charge in [0.1, 0.15) is 5.15 Å². The second-order valence-electron chi connectivity index (χ2n) is 5.32. The fraction of sp³-hybridized carbons (Fsp3) is 0.0500. The number of benzene rings is 2. The van der Waals surface area contributed by atoms with Gasteiger partial charge in [0.15, 0.2) is 6.61 Å². The van der Waals surface area contributed by atoms with E-state index in [1.54, 1.807) is 6.07 Å². The number of carbonyl (C=O) groups is 2. The number of hydrogen-bond donors (Lipinski definition) is 0. The molecule has 0 unspecified atom stereocenters. The average molecular weight is 367 g/mol. The van der Waals surface area contributed by atoms with Crippen molar-refractivity contribution in [2.24, 2.45) is 0 Å². The summed E-state index contributed by atoms with van der Waals surface area (Å²) in [6, 6.07) is 21.4. The lowest BCUT2D eigenvalue weighted by atomic mass is 10.2. The first-order chi connectivity index (χ1) is 12.7. The lowest BCUT2D eigenvalue weighted by Crippen LogP contribution is -2.30. The van der Waals surface area contributed by atoms with Crippen molar-refractivity contribution >= 4 is 34.9 Å². The van der Waals surface area contributed by atoms with Crippen LogP contribution in [0.4, 0.5) is 11.4 Å². The van der Waals surface area contributed by atoms with Crippen molar-refractivity contribution < 1.29 is 14.3 Å². The summed E-state index contributed by atoms with van der Waals surface area (Å²) < 4.78 is 5.14. The van der Waals surface area contributed by atoms with Gasteiger partial charge in [-0.2, -0.15) is 0 Å². The van der Waals surface area contributed by atoms with E-state index in [1.807, 2.05) is 60.7 Å². The van der Waals surface area contributed by atoms with E-state index < -0.39 is 12.6 Å². The van der Waals surface area contributed by atoms with E-state index >= 15 is 0 Å². The summed E-state index contributed by atoms with van der Waals surface area (Å²) in [6.45, 7) is -0.423. The van der Waals surface area contributed by atoms with Gasteiger partial charge in [-0.05, 0) is 36.4 Å². The Labute approximate surface area is 155 Å². The van der Waals surface area contributed by atoms with Gasteiger partial charge in [0.05, 0.1) is 5.56 Å². The molecule has 0 saturated heterocycles. The summed E-state index contributed by atoms with van der Waals surface area (Å²) >= 11 is 5.88. The number of nitrogens with zero attached hydrogens (tertiary/aromatic N) is 2. The molecule has 2 aromatic carbocycles. The van der Waals surface area contributed by atoms with Crippen LogP contribution in [-0.2, 0) is 9.53 Å². The second kappa shape index (κ2) is 8.27. The maximum absolute atomic E-state index is 12.8. The third-order valence-electron chi connectivity index (χ3n) is 3.58. The van der Waals surface area contributed by atoms with Crippen LogP contribution in [0.2, 0.25) is 5.15 Å². The number of aromatic nitrogens is 1. The van der Waals surface area contributed by atoms with E-state index in [1.165, 1.54) is 17.2 Å². The molecule has 0 fully saturated rings. The molecule has 1 heterocycles. The van der Waals surface area contributed by atoms with Gasteiger partial charge in [0, 0.05) is 17.6 Å². The Bertz CT molecular complexity index is 862. The highest BCUT2D eigenvalue weighted by atomic mass is 35.5. The van der Waals surface area contributed by atoms with Crippen LogP contribution in [0.3, 0.4) is 0 Å². The fourth-order valence-corrected chi connectivity index (χ4v) is 2.60. The van der Waals surface area contributed by atoms with Crippen molar-refractivity contribution in [3.63, 3.8) is 0 Å². The van der Waals surface area contributed by atoms with Gasteiger partial charge in [-0.1, -0.05) is 48.0 Å². The summed E-state index contributed by atoms with van der Waals surface area (Å²) in [6.07, 6.45) is 1.47. The van der Waals surface area contributed by atoms with Gasteiger partial charge >= 0.3 is 5.97 Å². The minimum atomic E-state index is -0.697. The van der Waals surface area contributed by atoms with Crippen molar-refractivity contribution in [1.29, 1.82) is 0 Å². The first-order valence-electron chi connectivity index (χ1n) is 7.87. The van der Waals surface area contributed by atoms with Gasteiger partial charge in [-0.25, -0.2) is 9.78 Å². The van der Waals surface area contributed by atoms with E-state index in [0.29, 0.717) is 11.4 Å². The zero-order valence-corrected chi connectivity index (χ0v) is 14.5. The standard InChI is InChI=1S/C20H15ClN2O3/c21-19-17(12-7-13-22-19)20(25)26-14-18(24)23(15-8-3-1-4-9-15)16-10-5-2-6-11-16/h1-13H,14H2. The molecular formula is C20H15ClN2O3. The molecule has 3 rings (SSSR count). The van der Waals surface area contributed by atoms with Crippen LogP contribution in [0.15, 0.2) is 79.0 Å². The van der Waals surface area contributed by atoms with E-state index in [0.717, 1.165) is 0 Å².